The van der Waals surface area contributed by atoms with Crippen LogP contribution in [0, 0.1) is 0 Å². The highest BCUT2D eigenvalue weighted by atomic mass is 16.9. The summed E-state index contributed by atoms with van der Waals surface area (Å²) in [5, 5.41) is 0. The fourth-order valence-electron chi connectivity index (χ4n) is 2.67. The monoisotopic (exact) mass is 362 g/mol. The highest BCUT2D eigenvalue weighted by Crippen LogP contribution is 2.39. The van der Waals surface area contributed by atoms with E-state index in [1.165, 1.54) is 34.8 Å². The van der Waals surface area contributed by atoms with Crippen LogP contribution in [0.4, 0.5) is 0 Å². The maximum absolute atomic E-state index is 11.5. The minimum absolute atomic E-state index is 0.221. The second-order valence-corrected chi connectivity index (χ2v) is 5.76. The number of hydrogen-bond donors (Lipinski definition) is 0. The summed E-state index contributed by atoms with van der Waals surface area (Å²) in [7, 11) is 1.37. The lowest BCUT2D eigenvalue weighted by Gasteiger charge is -2.40. The maximum atomic E-state index is 11.5. The van der Waals surface area contributed by atoms with Gasteiger partial charge in [0.25, 0.3) is 5.97 Å². The van der Waals surface area contributed by atoms with E-state index in [0.717, 1.165) is 0 Å². The Labute approximate surface area is 144 Å². The molecule has 0 saturated carbocycles. The first kappa shape index (κ1) is 19.6. The molecule has 0 spiro atoms. The Morgan fingerprint density at radius 2 is 1.56 bits per heavy atom. The third-order valence-corrected chi connectivity index (χ3v) is 3.70. The third kappa shape index (κ3) is 4.66. The van der Waals surface area contributed by atoms with Crippen molar-refractivity contribution in [2.75, 3.05) is 13.7 Å². The van der Waals surface area contributed by atoms with Gasteiger partial charge in [0.1, 0.15) is 12.7 Å². The standard InChI is InChI=1S/C15H22O10/c1-7(16)20-6-10-11(21-8(2)17)12(22-9(3)18)13-14(23-10)25-15(4,19-5)24-13/h10-14H,6H2,1-5H3/t10-,11-,12+,13+,14+,15?/m1/s1. The predicted molar refractivity (Wildman–Crippen MR) is 77.8 cm³/mol. The number of carbonyl (C=O) groups is 3. The number of fused-ring (bicyclic) bond motifs is 1. The van der Waals surface area contributed by atoms with Crippen LogP contribution in [0.2, 0.25) is 0 Å². The number of rotatable bonds is 5. The molecule has 25 heavy (non-hydrogen) atoms. The minimum Gasteiger partial charge on any atom is -0.463 e. The molecule has 2 saturated heterocycles. The van der Waals surface area contributed by atoms with Crippen molar-refractivity contribution < 1.29 is 47.5 Å². The molecular formula is C15H22O10. The largest absolute Gasteiger partial charge is 0.463 e. The number of carbonyl (C=O) groups excluding carboxylic acids is 3. The summed E-state index contributed by atoms with van der Waals surface area (Å²) >= 11 is 0. The van der Waals surface area contributed by atoms with E-state index in [9.17, 15) is 14.4 Å². The summed E-state index contributed by atoms with van der Waals surface area (Å²) in [4.78, 5) is 34.1. The molecule has 10 heteroatoms. The molecule has 1 unspecified atom stereocenters. The van der Waals surface area contributed by atoms with Gasteiger partial charge in [-0.25, -0.2) is 0 Å². The molecule has 2 aliphatic heterocycles. The van der Waals surface area contributed by atoms with E-state index in [4.69, 9.17) is 33.2 Å². The van der Waals surface area contributed by atoms with Crippen LogP contribution in [0.5, 0.6) is 0 Å². The molecule has 0 aromatic heterocycles. The van der Waals surface area contributed by atoms with Crippen molar-refractivity contribution in [3.63, 3.8) is 0 Å². The summed E-state index contributed by atoms with van der Waals surface area (Å²) in [6.45, 7) is 4.93. The molecule has 10 nitrogen and oxygen atoms in total. The second-order valence-electron chi connectivity index (χ2n) is 5.76. The van der Waals surface area contributed by atoms with Crippen LogP contribution in [0.15, 0.2) is 0 Å². The molecule has 6 atom stereocenters. The molecule has 0 radical (unpaired) electrons. The van der Waals surface area contributed by atoms with E-state index in [-0.39, 0.29) is 6.61 Å². The number of methoxy groups -OCH3 is 1. The van der Waals surface area contributed by atoms with Gasteiger partial charge in [-0.1, -0.05) is 0 Å². The predicted octanol–water partition coefficient (Wildman–Crippen LogP) is -0.127. The molecule has 2 heterocycles. The normalized spacial score (nSPS) is 37.1. The molecule has 2 rings (SSSR count). The molecule has 0 aliphatic carbocycles. The summed E-state index contributed by atoms with van der Waals surface area (Å²) in [6, 6.07) is 0. The first-order valence-corrected chi connectivity index (χ1v) is 7.69. The van der Waals surface area contributed by atoms with Gasteiger partial charge in [-0.3, -0.25) is 19.1 Å². The van der Waals surface area contributed by atoms with Crippen molar-refractivity contribution in [3.05, 3.63) is 0 Å². The van der Waals surface area contributed by atoms with Gasteiger partial charge >= 0.3 is 17.9 Å². The topological polar surface area (TPSA) is 116 Å². The Hall–Kier alpha value is -1.75. The lowest BCUT2D eigenvalue weighted by Crippen LogP contribution is -2.60. The molecule has 0 aromatic carbocycles. The van der Waals surface area contributed by atoms with Gasteiger partial charge in [-0.2, -0.15) is 0 Å². The van der Waals surface area contributed by atoms with E-state index in [1.807, 2.05) is 0 Å². The molecule has 0 bridgehead atoms. The van der Waals surface area contributed by atoms with Crippen LogP contribution in [-0.2, 0) is 47.5 Å². The molecule has 2 aliphatic rings. The van der Waals surface area contributed by atoms with Crippen LogP contribution in [0.1, 0.15) is 27.7 Å². The highest BCUT2D eigenvalue weighted by Gasteiger charge is 2.59. The van der Waals surface area contributed by atoms with Gasteiger partial charge in [0.2, 0.25) is 0 Å². The lowest BCUT2D eigenvalue weighted by molar-refractivity contribution is -0.334. The van der Waals surface area contributed by atoms with Crippen molar-refractivity contribution in [2.24, 2.45) is 0 Å². The summed E-state index contributed by atoms with van der Waals surface area (Å²) < 4.78 is 37.6. The van der Waals surface area contributed by atoms with Crippen LogP contribution >= 0.6 is 0 Å². The highest BCUT2D eigenvalue weighted by molar-refractivity contribution is 5.67. The van der Waals surface area contributed by atoms with E-state index < -0.39 is 54.6 Å². The SMILES string of the molecule is COC1(C)O[C@@H]2O[C@H](COC(C)=O)[C@@H](OC(C)=O)[C@H](OC(C)=O)[C@@H]2O1. The average molecular weight is 362 g/mol. The van der Waals surface area contributed by atoms with Crippen molar-refractivity contribution in [3.8, 4) is 0 Å². The van der Waals surface area contributed by atoms with Crippen LogP contribution in [0.3, 0.4) is 0 Å². The van der Waals surface area contributed by atoms with Gasteiger partial charge in [0, 0.05) is 34.8 Å². The van der Waals surface area contributed by atoms with Gasteiger partial charge in [-0.15, -0.1) is 0 Å². The summed E-state index contributed by atoms with van der Waals surface area (Å²) in [5.41, 5.74) is 0. The van der Waals surface area contributed by atoms with E-state index >= 15 is 0 Å². The fraction of sp³-hybridized carbons (Fsp3) is 0.800. The van der Waals surface area contributed by atoms with Gasteiger partial charge < -0.3 is 28.4 Å². The zero-order chi connectivity index (χ0) is 18.8. The molecule has 142 valence electrons. The van der Waals surface area contributed by atoms with Crippen LogP contribution in [0.25, 0.3) is 0 Å². The second kappa shape index (κ2) is 7.65. The average Bonchev–Trinajstić information content (AvgIpc) is 2.84. The zero-order valence-electron chi connectivity index (χ0n) is 14.7. The van der Waals surface area contributed by atoms with Crippen molar-refractivity contribution in [2.45, 2.75) is 64.4 Å². The van der Waals surface area contributed by atoms with Crippen molar-refractivity contribution >= 4 is 17.9 Å². The quantitative estimate of drug-likeness (QED) is 0.484. The van der Waals surface area contributed by atoms with E-state index in [0.29, 0.717) is 0 Å². The van der Waals surface area contributed by atoms with Gasteiger partial charge in [0.15, 0.2) is 24.6 Å². The molecule has 2 fully saturated rings. The summed E-state index contributed by atoms with van der Waals surface area (Å²) in [6.07, 6.45) is -4.86. The Morgan fingerprint density at radius 3 is 2.08 bits per heavy atom. The van der Waals surface area contributed by atoms with Crippen LogP contribution < -0.4 is 0 Å². The third-order valence-electron chi connectivity index (χ3n) is 3.70. The number of esters is 3. The number of hydrogen-bond acceptors (Lipinski definition) is 10. The first-order chi connectivity index (χ1) is 11.6. The van der Waals surface area contributed by atoms with Gasteiger partial charge in [-0.05, 0) is 0 Å². The first-order valence-electron chi connectivity index (χ1n) is 7.69. The van der Waals surface area contributed by atoms with Crippen LogP contribution in [-0.4, -0.2) is 68.3 Å². The smallest absolute Gasteiger partial charge is 0.303 e. The Kier molecular flexibility index (Phi) is 5.99. The maximum Gasteiger partial charge on any atom is 0.303 e. The van der Waals surface area contributed by atoms with Crippen molar-refractivity contribution in [1.29, 1.82) is 0 Å². The zero-order valence-corrected chi connectivity index (χ0v) is 14.7. The lowest BCUT2D eigenvalue weighted by atomic mass is 9.98. The van der Waals surface area contributed by atoms with E-state index in [1.54, 1.807) is 0 Å². The Balaban J connectivity index is 2.29. The van der Waals surface area contributed by atoms with Crippen molar-refractivity contribution in [1.82, 2.24) is 0 Å². The minimum atomic E-state index is -1.43. The molecule has 0 amide bonds. The summed E-state index contributed by atoms with van der Waals surface area (Å²) in [5.74, 6) is -3.19. The van der Waals surface area contributed by atoms with Gasteiger partial charge in [0.05, 0.1) is 0 Å². The Bertz CT molecular complexity index is 534. The van der Waals surface area contributed by atoms with E-state index in [2.05, 4.69) is 0 Å². The molecule has 0 N–H and O–H groups in total. The molecular weight excluding hydrogens is 340 g/mol. The molecule has 0 aromatic rings. The fourth-order valence-corrected chi connectivity index (χ4v) is 2.67. The number of ether oxygens (including phenoxy) is 7. The Morgan fingerprint density at radius 1 is 0.960 bits per heavy atom.